The monoisotopic (exact) mass is 481 g/mol. The molecular formula is C25H21ClFN3O2S. The number of amides is 2. The molecule has 0 saturated carbocycles. The lowest BCUT2D eigenvalue weighted by molar-refractivity contribution is -0.129. The molecule has 168 valence electrons. The van der Waals surface area contributed by atoms with Gasteiger partial charge in [0.1, 0.15) is 11.1 Å². The predicted octanol–water partition coefficient (Wildman–Crippen LogP) is 5.68. The van der Waals surface area contributed by atoms with E-state index >= 15 is 0 Å². The molecule has 1 unspecified atom stereocenters. The Morgan fingerprint density at radius 3 is 2.48 bits per heavy atom. The highest BCUT2D eigenvalue weighted by Crippen LogP contribution is 2.30. The van der Waals surface area contributed by atoms with Gasteiger partial charge < -0.3 is 5.32 Å². The smallest absolute Gasteiger partial charge is 0.238 e. The van der Waals surface area contributed by atoms with Crippen molar-refractivity contribution in [2.24, 2.45) is 4.99 Å². The van der Waals surface area contributed by atoms with Crippen LogP contribution in [0.15, 0.2) is 83.9 Å². The number of hydrogen-bond acceptors (Lipinski definition) is 4. The molecule has 0 aromatic heterocycles. The zero-order chi connectivity index (χ0) is 23.2. The minimum absolute atomic E-state index is 0.000615. The molecule has 0 radical (unpaired) electrons. The molecule has 1 aliphatic heterocycles. The third-order valence-corrected chi connectivity index (χ3v) is 6.52. The van der Waals surface area contributed by atoms with Gasteiger partial charge in [0, 0.05) is 18.0 Å². The summed E-state index contributed by atoms with van der Waals surface area (Å²) in [6, 6.07) is 22.7. The van der Waals surface area contributed by atoms with Crippen LogP contribution < -0.4 is 5.32 Å². The highest BCUT2D eigenvalue weighted by molar-refractivity contribution is 8.15. The van der Waals surface area contributed by atoms with Crippen LogP contribution in [0.2, 0.25) is 5.02 Å². The molecule has 4 rings (SSSR count). The van der Waals surface area contributed by atoms with E-state index in [1.54, 1.807) is 41.3 Å². The quantitative estimate of drug-likeness (QED) is 0.492. The van der Waals surface area contributed by atoms with E-state index < -0.39 is 17.0 Å². The second-order valence-electron chi connectivity index (χ2n) is 7.43. The van der Waals surface area contributed by atoms with Gasteiger partial charge in [-0.3, -0.25) is 14.5 Å². The molecule has 5 nitrogen and oxygen atoms in total. The number of nitrogens with zero attached hydrogens (tertiary/aromatic N) is 2. The van der Waals surface area contributed by atoms with Crippen LogP contribution in [0, 0.1) is 5.82 Å². The van der Waals surface area contributed by atoms with Crippen LogP contribution in [-0.4, -0.2) is 33.7 Å². The van der Waals surface area contributed by atoms with Crippen LogP contribution in [-0.2, 0) is 16.0 Å². The Balaban J connectivity index is 1.56. The van der Waals surface area contributed by atoms with Gasteiger partial charge in [-0.05, 0) is 48.4 Å². The van der Waals surface area contributed by atoms with Crippen molar-refractivity contribution < 1.29 is 14.0 Å². The Labute approximate surface area is 200 Å². The molecule has 3 aromatic rings. The number of halogens is 2. The number of anilines is 1. The van der Waals surface area contributed by atoms with Crippen molar-refractivity contribution in [3.05, 3.63) is 95.3 Å². The number of rotatable bonds is 6. The number of carbonyl (C=O) groups excluding carboxylic acids is 2. The topological polar surface area (TPSA) is 61.8 Å². The van der Waals surface area contributed by atoms with Gasteiger partial charge in [0.25, 0.3) is 0 Å². The number of benzene rings is 3. The van der Waals surface area contributed by atoms with E-state index in [4.69, 9.17) is 11.6 Å². The normalized spacial score (nSPS) is 17.3. The maximum Gasteiger partial charge on any atom is 0.238 e. The summed E-state index contributed by atoms with van der Waals surface area (Å²) >= 11 is 7.17. The van der Waals surface area contributed by atoms with Crippen molar-refractivity contribution in [2.45, 2.75) is 18.1 Å². The summed E-state index contributed by atoms with van der Waals surface area (Å²) in [6.07, 6.45) is 0.651. The first-order valence-corrected chi connectivity index (χ1v) is 11.7. The van der Waals surface area contributed by atoms with E-state index in [9.17, 15) is 14.0 Å². The van der Waals surface area contributed by atoms with E-state index in [2.05, 4.69) is 10.3 Å². The van der Waals surface area contributed by atoms with Gasteiger partial charge in [-0.1, -0.05) is 65.8 Å². The zero-order valence-electron chi connectivity index (χ0n) is 17.6. The highest BCUT2D eigenvalue weighted by atomic mass is 35.5. The summed E-state index contributed by atoms with van der Waals surface area (Å²) in [5.41, 5.74) is 1.80. The number of aliphatic imine (C=N–C) groups is 1. The highest BCUT2D eigenvalue weighted by Gasteiger charge is 2.36. The molecule has 1 fully saturated rings. The maximum absolute atomic E-state index is 14.0. The van der Waals surface area contributed by atoms with E-state index in [1.165, 1.54) is 23.9 Å². The molecule has 33 heavy (non-hydrogen) atoms. The fourth-order valence-electron chi connectivity index (χ4n) is 3.35. The average Bonchev–Trinajstić information content (AvgIpc) is 2.82. The Morgan fingerprint density at radius 1 is 1.06 bits per heavy atom. The summed E-state index contributed by atoms with van der Waals surface area (Å²) < 4.78 is 14.0. The number of hydrogen-bond donors (Lipinski definition) is 1. The molecule has 0 aliphatic carbocycles. The lowest BCUT2D eigenvalue weighted by Gasteiger charge is -2.32. The lowest BCUT2D eigenvalue weighted by Crippen LogP contribution is -2.46. The van der Waals surface area contributed by atoms with Crippen molar-refractivity contribution in [3.8, 4) is 0 Å². The minimum Gasteiger partial charge on any atom is -0.323 e. The third kappa shape index (κ3) is 6.00. The molecule has 1 atom stereocenters. The van der Waals surface area contributed by atoms with Gasteiger partial charge in [-0.15, -0.1) is 0 Å². The van der Waals surface area contributed by atoms with Crippen LogP contribution in [0.25, 0.3) is 0 Å². The molecule has 1 aliphatic rings. The Hall–Kier alpha value is -3.16. The molecule has 1 saturated heterocycles. The van der Waals surface area contributed by atoms with Crippen LogP contribution >= 0.6 is 23.4 Å². The second-order valence-corrected chi connectivity index (χ2v) is 9.04. The molecule has 1 heterocycles. The van der Waals surface area contributed by atoms with E-state index in [-0.39, 0.29) is 18.0 Å². The van der Waals surface area contributed by atoms with Crippen LogP contribution in [0.3, 0.4) is 0 Å². The summed E-state index contributed by atoms with van der Waals surface area (Å²) in [4.78, 5) is 32.2. The molecule has 2 amide bonds. The van der Waals surface area contributed by atoms with Crippen molar-refractivity contribution in [1.82, 2.24) is 4.90 Å². The fourth-order valence-corrected chi connectivity index (χ4v) is 4.60. The van der Waals surface area contributed by atoms with Crippen LogP contribution in [0.1, 0.15) is 12.0 Å². The molecule has 1 N–H and O–H groups in total. The van der Waals surface area contributed by atoms with Gasteiger partial charge in [-0.25, -0.2) is 9.38 Å². The fraction of sp³-hybridized carbons (Fsp3) is 0.160. The molecule has 0 bridgehead atoms. The Kier molecular flexibility index (Phi) is 7.42. The SMILES string of the molecule is O=C(Nc1ccccc1F)C1CC(=O)N(CCc2ccccc2)C(=Nc2ccc(Cl)cc2)S1. The van der Waals surface area contributed by atoms with Gasteiger partial charge in [0.15, 0.2) is 5.17 Å². The number of para-hydroxylation sites is 1. The van der Waals surface area contributed by atoms with E-state index in [0.29, 0.717) is 28.8 Å². The van der Waals surface area contributed by atoms with Gasteiger partial charge in [-0.2, -0.15) is 0 Å². The standard InChI is InChI=1S/C25H21ClFN3O2S/c26-18-10-12-19(13-11-18)28-25-30(15-14-17-6-2-1-3-7-17)23(31)16-22(33-25)24(32)29-21-9-5-4-8-20(21)27/h1-13,22H,14-16H2,(H,29,32). The first kappa shape index (κ1) is 23.0. The predicted molar refractivity (Wildman–Crippen MR) is 131 cm³/mol. The van der Waals surface area contributed by atoms with Gasteiger partial charge in [0.05, 0.1) is 11.4 Å². The first-order valence-electron chi connectivity index (χ1n) is 10.4. The van der Waals surface area contributed by atoms with E-state index in [1.807, 2.05) is 30.3 Å². The zero-order valence-corrected chi connectivity index (χ0v) is 19.2. The maximum atomic E-state index is 14.0. The van der Waals surface area contributed by atoms with Gasteiger partial charge >= 0.3 is 0 Å². The molecular weight excluding hydrogens is 461 g/mol. The van der Waals surface area contributed by atoms with Crippen LogP contribution in [0.5, 0.6) is 0 Å². The summed E-state index contributed by atoms with van der Waals surface area (Å²) in [7, 11) is 0. The average molecular weight is 482 g/mol. The molecule has 3 aromatic carbocycles. The van der Waals surface area contributed by atoms with Crippen molar-refractivity contribution >= 4 is 51.7 Å². The molecule has 0 spiro atoms. The minimum atomic E-state index is -0.726. The largest absolute Gasteiger partial charge is 0.323 e. The number of carbonyl (C=O) groups is 2. The van der Waals surface area contributed by atoms with Gasteiger partial charge in [0.2, 0.25) is 11.8 Å². The number of nitrogens with one attached hydrogen (secondary N) is 1. The Bertz CT molecular complexity index is 1170. The number of thioether (sulfide) groups is 1. The third-order valence-electron chi connectivity index (χ3n) is 5.08. The number of amidine groups is 1. The summed E-state index contributed by atoms with van der Waals surface area (Å²) in [5.74, 6) is -1.17. The second kappa shape index (κ2) is 10.6. The van der Waals surface area contributed by atoms with Crippen molar-refractivity contribution in [1.29, 1.82) is 0 Å². The summed E-state index contributed by atoms with van der Waals surface area (Å²) in [5, 5.41) is 2.87. The first-order chi connectivity index (χ1) is 16.0. The lowest BCUT2D eigenvalue weighted by atomic mass is 10.1. The Morgan fingerprint density at radius 2 is 1.76 bits per heavy atom. The van der Waals surface area contributed by atoms with E-state index in [0.717, 1.165) is 5.56 Å². The van der Waals surface area contributed by atoms with Crippen molar-refractivity contribution in [3.63, 3.8) is 0 Å². The molecule has 8 heteroatoms. The summed E-state index contributed by atoms with van der Waals surface area (Å²) in [6.45, 7) is 0.434. The van der Waals surface area contributed by atoms with Crippen LogP contribution in [0.4, 0.5) is 15.8 Å². The van der Waals surface area contributed by atoms with Crippen molar-refractivity contribution in [2.75, 3.05) is 11.9 Å².